The molecule has 0 radical (unpaired) electrons. The van der Waals surface area contributed by atoms with E-state index in [1.165, 1.54) is 76.7 Å². The van der Waals surface area contributed by atoms with E-state index in [0.717, 1.165) is 22.7 Å². The third-order valence-corrected chi connectivity index (χ3v) is 11.6. The molecule has 2 nitrogen and oxygen atoms in total. The van der Waals surface area contributed by atoms with Crippen LogP contribution < -0.4 is 4.90 Å². The van der Waals surface area contributed by atoms with Crippen LogP contribution in [0.5, 0.6) is 0 Å². The fourth-order valence-electron chi connectivity index (χ4n) is 8.85. The van der Waals surface area contributed by atoms with Crippen molar-refractivity contribution in [3.05, 3.63) is 231 Å². The van der Waals surface area contributed by atoms with Crippen LogP contribution in [0.15, 0.2) is 231 Å². The van der Waals surface area contributed by atoms with Crippen LogP contribution in [0.4, 0.5) is 17.1 Å². The lowest BCUT2D eigenvalue weighted by atomic mass is 9.97. The molecule has 11 rings (SSSR count). The van der Waals surface area contributed by atoms with E-state index in [2.05, 4.69) is 240 Å². The Balaban J connectivity index is 1.17. The highest BCUT2D eigenvalue weighted by atomic mass is 15.1. The Kier molecular flexibility index (Phi) is 8.19. The van der Waals surface area contributed by atoms with Crippen LogP contribution in [0.25, 0.3) is 82.4 Å². The molecule has 0 aliphatic heterocycles. The Morgan fingerprint density at radius 2 is 0.845 bits per heavy atom. The molecule has 1 heterocycles. The minimum Gasteiger partial charge on any atom is -0.310 e. The van der Waals surface area contributed by atoms with Crippen molar-refractivity contribution in [3.63, 3.8) is 0 Å². The fourth-order valence-corrected chi connectivity index (χ4v) is 8.85. The van der Waals surface area contributed by atoms with E-state index in [9.17, 15) is 0 Å². The lowest BCUT2D eigenvalue weighted by Gasteiger charge is -2.29. The highest BCUT2D eigenvalue weighted by Crippen LogP contribution is 2.45. The Morgan fingerprint density at radius 3 is 1.62 bits per heavy atom. The molecule has 0 atom stereocenters. The number of para-hydroxylation sites is 2. The van der Waals surface area contributed by atoms with Gasteiger partial charge in [0.2, 0.25) is 0 Å². The molecule has 0 aliphatic carbocycles. The minimum absolute atomic E-state index is 1.07. The molecular formula is C56H38N2. The summed E-state index contributed by atoms with van der Waals surface area (Å²) in [6.07, 6.45) is 0. The maximum Gasteiger partial charge on any atom is 0.0561 e. The number of hydrogen-bond acceptors (Lipinski definition) is 1. The Morgan fingerprint density at radius 1 is 0.293 bits per heavy atom. The van der Waals surface area contributed by atoms with Crippen molar-refractivity contribution in [1.82, 2.24) is 4.57 Å². The molecule has 1 aromatic heterocycles. The summed E-state index contributed by atoms with van der Waals surface area (Å²) in [5.74, 6) is 0. The van der Waals surface area contributed by atoms with Crippen molar-refractivity contribution in [2.24, 2.45) is 0 Å². The molecule has 10 aromatic carbocycles. The van der Waals surface area contributed by atoms with Crippen molar-refractivity contribution in [2.75, 3.05) is 4.90 Å². The topological polar surface area (TPSA) is 8.17 Å². The molecule has 58 heavy (non-hydrogen) atoms. The van der Waals surface area contributed by atoms with Crippen LogP contribution in [0.3, 0.4) is 0 Å². The van der Waals surface area contributed by atoms with E-state index < -0.39 is 0 Å². The van der Waals surface area contributed by atoms with Gasteiger partial charge in [-0.25, -0.2) is 0 Å². The zero-order valence-corrected chi connectivity index (χ0v) is 31.8. The molecule has 0 unspecified atom stereocenters. The summed E-state index contributed by atoms with van der Waals surface area (Å²) < 4.78 is 2.48. The lowest BCUT2D eigenvalue weighted by Crippen LogP contribution is -2.12. The molecule has 0 amide bonds. The van der Waals surface area contributed by atoms with Crippen molar-refractivity contribution in [2.45, 2.75) is 0 Å². The van der Waals surface area contributed by atoms with Gasteiger partial charge in [0.1, 0.15) is 0 Å². The van der Waals surface area contributed by atoms with E-state index in [0.29, 0.717) is 0 Å². The first-order valence-electron chi connectivity index (χ1n) is 19.9. The average molecular weight is 739 g/mol. The summed E-state index contributed by atoms with van der Waals surface area (Å²) in [6.45, 7) is 0. The Labute approximate surface area is 338 Å². The van der Waals surface area contributed by atoms with Gasteiger partial charge in [-0.15, -0.1) is 0 Å². The molecule has 2 heteroatoms. The van der Waals surface area contributed by atoms with Crippen LogP contribution in [0, 0.1) is 0 Å². The highest BCUT2D eigenvalue weighted by molar-refractivity contribution is 6.14. The second kappa shape index (κ2) is 14.1. The van der Waals surface area contributed by atoms with Crippen molar-refractivity contribution in [1.29, 1.82) is 0 Å². The van der Waals surface area contributed by atoms with Gasteiger partial charge in [-0.1, -0.05) is 182 Å². The molecule has 11 aromatic rings. The van der Waals surface area contributed by atoms with Crippen LogP contribution in [-0.4, -0.2) is 4.57 Å². The monoisotopic (exact) mass is 738 g/mol. The van der Waals surface area contributed by atoms with E-state index in [1.54, 1.807) is 0 Å². The predicted molar refractivity (Wildman–Crippen MR) is 247 cm³/mol. The van der Waals surface area contributed by atoms with Crippen LogP contribution >= 0.6 is 0 Å². The molecule has 0 aliphatic rings. The standard InChI is InChI=1S/C56H38N2/c1-3-16-40(17-4-1)49-25-11-13-28-53(49)57(45-32-30-42(31-33-45)48-27-15-23-39-20-9-10-24-47(39)48)46-34-35-50(41-18-5-2-6-19-41)56(38-46)58-54-29-14-12-26-51(54)52-36-43-21-7-8-22-44(43)37-55(52)58/h1-38H. The summed E-state index contributed by atoms with van der Waals surface area (Å²) in [4.78, 5) is 2.43. The number of anilines is 3. The van der Waals surface area contributed by atoms with E-state index in [1.807, 2.05) is 0 Å². The van der Waals surface area contributed by atoms with E-state index in [4.69, 9.17) is 0 Å². The zero-order chi connectivity index (χ0) is 38.4. The van der Waals surface area contributed by atoms with Gasteiger partial charge in [-0.2, -0.15) is 0 Å². The zero-order valence-electron chi connectivity index (χ0n) is 31.8. The second-order valence-corrected chi connectivity index (χ2v) is 14.9. The lowest BCUT2D eigenvalue weighted by molar-refractivity contribution is 1.17. The summed E-state index contributed by atoms with van der Waals surface area (Å²) in [5.41, 5.74) is 13.9. The van der Waals surface area contributed by atoms with Crippen molar-refractivity contribution in [3.8, 4) is 39.1 Å². The van der Waals surface area contributed by atoms with E-state index in [-0.39, 0.29) is 0 Å². The SMILES string of the molecule is c1ccc(-c2ccccc2N(c2ccc(-c3cccc4ccccc34)cc2)c2ccc(-c3ccccc3)c(-n3c4ccccc4c4cc5ccccc5cc43)c2)cc1. The average Bonchev–Trinajstić information content (AvgIpc) is 3.62. The molecule has 272 valence electrons. The number of nitrogens with zero attached hydrogens (tertiary/aromatic N) is 2. The molecule has 0 saturated heterocycles. The quantitative estimate of drug-likeness (QED) is 0.158. The third kappa shape index (κ3) is 5.74. The van der Waals surface area contributed by atoms with Crippen LogP contribution in [0.1, 0.15) is 0 Å². The minimum atomic E-state index is 1.07. The van der Waals surface area contributed by atoms with Gasteiger partial charge in [0, 0.05) is 33.3 Å². The van der Waals surface area contributed by atoms with Crippen LogP contribution in [0.2, 0.25) is 0 Å². The van der Waals surface area contributed by atoms with Gasteiger partial charge in [0.15, 0.2) is 0 Å². The second-order valence-electron chi connectivity index (χ2n) is 14.9. The number of hydrogen-bond donors (Lipinski definition) is 0. The number of benzene rings is 10. The van der Waals surface area contributed by atoms with Gasteiger partial charge in [-0.05, 0) is 92.3 Å². The predicted octanol–water partition coefficient (Wildman–Crippen LogP) is 15.6. The van der Waals surface area contributed by atoms with Crippen LogP contribution in [-0.2, 0) is 0 Å². The Bertz CT molecular complexity index is 3260. The maximum atomic E-state index is 2.48. The molecule has 0 fully saturated rings. The molecule has 0 spiro atoms. The highest BCUT2D eigenvalue weighted by Gasteiger charge is 2.22. The number of fused-ring (bicyclic) bond motifs is 5. The first-order chi connectivity index (χ1) is 28.8. The maximum absolute atomic E-state index is 2.48. The normalized spacial score (nSPS) is 11.4. The van der Waals surface area contributed by atoms with E-state index >= 15 is 0 Å². The van der Waals surface area contributed by atoms with Gasteiger partial charge in [0.05, 0.1) is 22.4 Å². The molecule has 0 bridgehead atoms. The van der Waals surface area contributed by atoms with Crippen molar-refractivity contribution >= 4 is 60.4 Å². The van der Waals surface area contributed by atoms with Gasteiger partial charge >= 0.3 is 0 Å². The van der Waals surface area contributed by atoms with Gasteiger partial charge in [0.25, 0.3) is 0 Å². The molecular weight excluding hydrogens is 701 g/mol. The third-order valence-electron chi connectivity index (χ3n) is 11.6. The largest absolute Gasteiger partial charge is 0.310 e. The fraction of sp³-hybridized carbons (Fsp3) is 0. The summed E-state index contributed by atoms with van der Waals surface area (Å²) in [5, 5.41) is 7.44. The summed E-state index contributed by atoms with van der Waals surface area (Å²) >= 11 is 0. The first-order valence-corrected chi connectivity index (χ1v) is 19.9. The summed E-state index contributed by atoms with van der Waals surface area (Å²) in [6, 6.07) is 83.8. The van der Waals surface area contributed by atoms with Crippen molar-refractivity contribution < 1.29 is 0 Å². The smallest absolute Gasteiger partial charge is 0.0561 e. The van der Waals surface area contributed by atoms with Gasteiger partial charge < -0.3 is 9.47 Å². The number of aromatic nitrogens is 1. The molecule has 0 N–H and O–H groups in total. The number of rotatable bonds is 7. The Hall–Kier alpha value is -7.68. The first kappa shape index (κ1) is 33.6. The van der Waals surface area contributed by atoms with Gasteiger partial charge in [-0.3, -0.25) is 0 Å². The molecule has 0 saturated carbocycles. The summed E-state index contributed by atoms with van der Waals surface area (Å²) in [7, 11) is 0.